The second-order valence-corrected chi connectivity index (χ2v) is 9.34. The number of aromatic nitrogens is 5. The molecule has 10 heteroatoms. The summed E-state index contributed by atoms with van der Waals surface area (Å²) in [6, 6.07) is 1.44. The normalized spacial score (nSPS) is 16.0. The Labute approximate surface area is 174 Å². The Hall–Kier alpha value is -1.81. The first kappa shape index (κ1) is 21.9. The van der Waals surface area contributed by atoms with Crippen LogP contribution in [-0.2, 0) is 12.5 Å². The molecule has 0 saturated carbocycles. The summed E-state index contributed by atoms with van der Waals surface area (Å²) in [5.41, 5.74) is -0.565. The highest BCUT2D eigenvalue weighted by atomic mass is 32.2. The quantitative estimate of drug-likeness (QED) is 0.499. The van der Waals surface area contributed by atoms with Crippen molar-refractivity contribution >= 4 is 17.6 Å². The molecule has 0 radical (unpaired) electrons. The average molecular weight is 426 g/mol. The van der Waals surface area contributed by atoms with Crippen molar-refractivity contribution < 1.29 is 8.78 Å². The molecule has 1 aliphatic rings. The predicted molar refractivity (Wildman–Crippen MR) is 111 cm³/mol. The van der Waals surface area contributed by atoms with Gasteiger partial charge in [0.05, 0.1) is 0 Å². The van der Waals surface area contributed by atoms with Gasteiger partial charge in [0.2, 0.25) is 0 Å². The van der Waals surface area contributed by atoms with Crippen LogP contribution in [-0.4, -0.2) is 68.1 Å². The third-order valence-corrected chi connectivity index (χ3v) is 5.96. The van der Waals surface area contributed by atoms with E-state index in [2.05, 4.69) is 30.0 Å². The molecule has 1 fully saturated rings. The Balaban J connectivity index is 1.52. The van der Waals surface area contributed by atoms with Crippen LogP contribution >= 0.6 is 11.8 Å². The van der Waals surface area contributed by atoms with Crippen molar-refractivity contribution in [1.82, 2.24) is 29.6 Å². The number of halogens is 2. The van der Waals surface area contributed by atoms with Crippen molar-refractivity contribution in [2.24, 2.45) is 7.05 Å². The number of alkyl halides is 2. The van der Waals surface area contributed by atoms with Gasteiger partial charge in [0.25, 0.3) is 6.43 Å². The molecular formula is C19H29F2N7S. The first-order chi connectivity index (χ1) is 13.7. The molecule has 0 aliphatic carbocycles. The molecule has 2 aromatic heterocycles. The third-order valence-electron chi connectivity index (χ3n) is 4.84. The third kappa shape index (κ3) is 5.85. The van der Waals surface area contributed by atoms with E-state index in [4.69, 9.17) is 0 Å². The van der Waals surface area contributed by atoms with Gasteiger partial charge in [-0.15, -0.1) is 10.2 Å². The zero-order chi connectivity index (χ0) is 21.0. The number of anilines is 1. The first-order valence-electron chi connectivity index (χ1n) is 9.86. The molecule has 1 aliphatic heterocycles. The van der Waals surface area contributed by atoms with Crippen LogP contribution in [0.2, 0.25) is 0 Å². The minimum absolute atomic E-state index is 0.192. The summed E-state index contributed by atoms with van der Waals surface area (Å²) in [6.45, 7) is 10.2. The number of hydrogen-bond donors (Lipinski definition) is 0. The molecule has 0 aromatic carbocycles. The number of rotatable bonds is 7. The van der Waals surface area contributed by atoms with E-state index in [0.717, 1.165) is 50.1 Å². The summed E-state index contributed by atoms with van der Waals surface area (Å²) in [4.78, 5) is 13.2. The summed E-state index contributed by atoms with van der Waals surface area (Å²) in [5, 5.41) is 8.90. The van der Waals surface area contributed by atoms with Gasteiger partial charge in [-0.2, -0.15) is 0 Å². The molecule has 0 unspecified atom stereocenters. The summed E-state index contributed by atoms with van der Waals surface area (Å²) < 4.78 is 28.6. The van der Waals surface area contributed by atoms with E-state index in [0.29, 0.717) is 11.6 Å². The smallest absolute Gasteiger partial charge is 0.280 e. The molecule has 0 amide bonds. The Bertz CT molecular complexity index is 798. The van der Waals surface area contributed by atoms with Crippen LogP contribution < -0.4 is 4.90 Å². The van der Waals surface area contributed by atoms with Crippen LogP contribution in [0.3, 0.4) is 0 Å². The predicted octanol–water partition coefficient (Wildman–Crippen LogP) is 3.14. The molecular weight excluding hydrogens is 396 g/mol. The lowest BCUT2D eigenvalue weighted by atomic mass is 9.95. The fourth-order valence-corrected chi connectivity index (χ4v) is 3.93. The van der Waals surface area contributed by atoms with Crippen molar-refractivity contribution in [3.8, 4) is 0 Å². The summed E-state index contributed by atoms with van der Waals surface area (Å²) in [7, 11) is 1.94. The Morgan fingerprint density at radius 3 is 2.45 bits per heavy atom. The highest BCUT2D eigenvalue weighted by Crippen LogP contribution is 2.27. The maximum atomic E-state index is 13.3. The molecule has 3 rings (SSSR count). The lowest BCUT2D eigenvalue weighted by Gasteiger charge is -2.36. The van der Waals surface area contributed by atoms with Crippen molar-refractivity contribution in [2.45, 2.75) is 44.2 Å². The monoisotopic (exact) mass is 425 g/mol. The molecule has 7 nitrogen and oxygen atoms in total. The molecule has 0 N–H and O–H groups in total. The largest absolute Gasteiger partial charge is 0.354 e. The maximum absolute atomic E-state index is 13.3. The maximum Gasteiger partial charge on any atom is 0.280 e. The van der Waals surface area contributed by atoms with E-state index >= 15 is 0 Å². The molecule has 2 aromatic rings. The van der Waals surface area contributed by atoms with Gasteiger partial charge in [-0.3, -0.25) is 4.90 Å². The Morgan fingerprint density at radius 2 is 1.86 bits per heavy atom. The summed E-state index contributed by atoms with van der Waals surface area (Å²) in [5.74, 6) is 2.07. The number of aryl methyl sites for hydroxylation is 1. The summed E-state index contributed by atoms with van der Waals surface area (Å²) in [6.07, 6.45) is 0.180. The van der Waals surface area contributed by atoms with Crippen LogP contribution in [0.4, 0.5) is 14.6 Å². The zero-order valence-corrected chi connectivity index (χ0v) is 18.3. The standard InChI is InChI=1S/C19H29F2N7S/c1-19(2,3)17-23-14(16(20)21)12-15(24-17)28-9-7-27(8-10-28)6-5-11-29-18-25-22-13-26(18)4/h12-13,16H,5-11H2,1-4H3. The number of hydrogen-bond acceptors (Lipinski definition) is 7. The van der Waals surface area contributed by atoms with Gasteiger partial charge in [-0.1, -0.05) is 32.5 Å². The Morgan fingerprint density at radius 1 is 1.14 bits per heavy atom. The van der Waals surface area contributed by atoms with Crippen LogP contribution in [0, 0.1) is 0 Å². The lowest BCUT2D eigenvalue weighted by molar-refractivity contribution is 0.145. The number of piperazine rings is 1. The molecule has 1 saturated heterocycles. The van der Waals surface area contributed by atoms with Crippen LogP contribution in [0.25, 0.3) is 0 Å². The molecule has 3 heterocycles. The van der Waals surface area contributed by atoms with E-state index in [1.54, 1.807) is 18.1 Å². The van der Waals surface area contributed by atoms with Crippen molar-refractivity contribution in [3.05, 3.63) is 23.9 Å². The van der Waals surface area contributed by atoms with E-state index in [1.807, 2.05) is 32.4 Å². The van der Waals surface area contributed by atoms with Gasteiger partial charge in [-0.05, 0) is 13.0 Å². The highest BCUT2D eigenvalue weighted by molar-refractivity contribution is 7.99. The van der Waals surface area contributed by atoms with Gasteiger partial charge in [-0.25, -0.2) is 18.7 Å². The van der Waals surface area contributed by atoms with E-state index in [1.165, 1.54) is 6.07 Å². The molecule has 0 atom stereocenters. The van der Waals surface area contributed by atoms with E-state index in [9.17, 15) is 8.78 Å². The fraction of sp³-hybridized carbons (Fsp3) is 0.684. The van der Waals surface area contributed by atoms with Crippen LogP contribution in [0.5, 0.6) is 0 Å². The molecule has 0 bridgehead atoms. The number of nitrogens with zero attached hydrogens (tertiary/aromatic N) is 7. The zero-order valence-electron chi connectivity index (χ0n) is 17.5. The van der Waals surface area contributed by atoms with Gasteiger partial charge in [0, 0.05) is 50.5 Å². The first-order valence-corrected chi connectivity index (χ1v) is 10.8. The van der Waals surface area contributed by atoms with Gasteiger partial charge < -0.3 is 9.47 Å². The topological polar surface area (TPSA) is 63.0 Å². The number of thioether (sulfide) groups is 1. The van der Waals surface area contributed by atoms with Gasteiger partial charge in [0.1, 0.15) is 23.7 Å². The highest BCUT2D eigenvalue weighted by Gasteiger charge is 2.25. The Kier molecular flexibility index (Phi) is 7.05. The van der Waals surface area contributed by atoms with Crippen molar-refractivity contribution in [3.63, 3.8) is 0 Å². The minimum Gasteiger partial charge on any atom is -0.354 e. The summed E-state index contributed by atoms with van der Waals surface area (Å²) >= 11 is 1.71. The molecule has 0 spiro atoms. The van der Waals surface area contributed by atoms with E-state index < -0.39 is 6.43 Å². The van der Waals surface area contributed by atoms with E-state index in [-0.39, 0.29) is 11.1 Å². The average Bonchev–Trinajstić information content (AvgIpc) is 3.09. The van der Waals surface area contributed by atoms with Gasteiger partial charge in [0.15, 0.2) is 5.16 Å². The van der Waals surface area contributed by atoms with Crippen LogP contribution in [0.15, 0.2) is 17.6 Å². The van der Waals surface area contributed by atoms with Gasteiger partial charge >= 0.3 is 0 Å². The fourth-order valence-electron chi connectivity index (χ4n) is 3.12. The van der Waals surface area contributed by atoms with Crippen molar-refractivity contribution in [1.29, 1.82) is 0 Å². The lowest BCUT2D eigenvalue weighted by Crippen LogP contribution is -2.47. The minimum atomic E-state index is -2.59. The molecule has 160 valence electrons. The second-order valence-electron chi connectivity index (χ2n) is 8.28. The van der Waals surface area contributed by atoms with Crippen LogP contribution in [0.1, 0.15) is 45.1 Å². The SMILES string of the molecule is Cn1cnnc1SCCCN1CCN(c2cc(C(F)F)nc(C(C)(C)C)n2)CC1. The second kappa shape index (κ2) is 9.34. The van der Waals surface area contributed by atoms with Crippen molar-refractivity contribution in [2.75, 3.05) is 43.4 Å². The molecule has 29 heavy (non-hydrogen) atoms.